The van der Waals surface area contributed by atoms with Crippen LogP contribution in [0.4, 0.5) is 0 Å². The normalized spacial score (nSPS) is 21.6. The molecule has 0 unspecified atom stereocenters. The number of rotatable bonds is 2. The number of fused-ring (bicyclic) bond motifs is 3. The van der Waals surface area contributed by atoms with Gasteiger partial charge in [-0.3, -0.25) is 9.59 Å². The molecular weight excluding hydrogens is 462 g/mol. The summed E-state index contributed by atoms with van der Waals surface area (Å²) in [6.45, 7) is 1.48. The number of carbonyl (C=O) groups excluding carboxylic acids is 2. The van der Waals surface area contributed by atoms with Crippen molar-refractivity contribution in [3.63, 3.8) is 0 Å². The van der Waals surface area contributed by atoms with Crippen LogP contribution in [-0.2, 0) is 18.3 Å². The summed E-state index contributed by atoms with van der Waals surface area (Å²) in [5, 5.41) is 1.15. The van der Waals surface area contributed by atoms with Gasteiger partial charge in [-0.25, -0.2) is 0 Å². The number of para-hydroxylation sites is 2. The zero-order valence-electron chi connectivity index (χ0n) is 22.2. The molecule has 2 amide bonds. The van der Waals surface area contributed by atoms with Gasteiger partial charge in [-0.2, -0.15) is 0 Å². The van der Waals surface area contributed by atoms with Gasteiger partial charge in [-0.05, 0) is 55.9 Å². The van der Waals surface area contributed by atoms with Gasteiger partial charge in [-0.1, -0.05) is 49.6 Å². The van der Waals surface area contributed by atoms with E-state index in [0.717, 1.165) is 80.9 Å². The van der Waals surface area contributed by atoms with Gasteiger partial charge >= 0.3 is 0 Å². The summed E-state index contributed by atoms with van der Waals surface area (Å²) in [5.74, 6) is 0.812. The minimum Gasteiger partial charge on any atom is -0.487 e. The number of hydrogen-bond donors (Lipinski definition) is 0. The maximum absolute atomic E-state index is 14.0. The lowest BCUT2D eigenvalue weighted by molar-refractivity contribution is -0.136. The zero-order valence-corrected chi connectivity index (χ0v) is 22.2. The highest BCUT2D eigenvalue weighted by Crippen LogP contribution is 2.31. The largest absolute Gasteiger partial charge is 0.487 e. The maximum atomic E-state index is 14.0. The Morgan fingerprint density at radius 1 is 0.892 bits per heavy atom. The highest BCUT2D eigenvalue weighted by Gasteiger charge is 2.35. The Morgan fingerprint density at radius 3 is 2.49 bits per heavy atom. The summed E-state index contributed by atoms with van der Waals surface area (Å²) in [5.41, 5.74) is 2.84. The van der Waals surface area contributed by atoms with E-state index in [1.807, 2.05) is 55.4 Å². The molecule has 0 radical (unpaired) electrons. The number of hydrogen-bond acceptors (Lipinski definition) is 3. The number of ether oxygens (including phenoxy) is 1. The second-order valence-corrected chi connectivity index (χ2v) is 10.7. The fraction of sp³-hybridized carbons (Fsp3) is 0.484. The standard InChI is InChI=1S/C31H39N3O3/c1-32-19-11-3-4-12-20-34(30(35)21-23-22-33(2)26-15-7-5-13-24(23)26)27-16-8-10-18-29(27)37-28-17-9-6-14-25(28)31(32)36/h5-7,9,13-15,17,22,27,29H,3-4,8,10-12,16,18-21H2,1-2H3/t27-,29+/m1/s1. The molecule has 1 fully saturated rings. The summed E-state index contributed by atoms with van der Waals surface area (Å²) in [4.78, 5) is 31.1. The van der Waals surface area contributed by atoms with Crippen molar-refractivity contribution in [1.82, 2.24) is 14.4 Å². The van der Waals surface area contributed by atoms with Crippen LogP contribution in [0.25, 0.3) is 10.9 Å². The molecule has 0 N–H and O–H groups in total. The number of carbonyl (C=O) groups is 2. The fourth-order valence-electron chi connectivity index (χ4n) is 6.08. The summed E-state index contributed by atoms with van der Waals surface area (Å²) < 4.78 is 8.73. The first-order valence-corrected chi connectivity index (χ1v) is 13.9. The van der Waals surface area contributed by atoms with E-state index < -0.39 is 0 Å². The van der Waals surface area contributed by atoms with Crippen molar-refractivity contribution in [3.8, 4) is 5.75 Å². The van der Waals surface area contributed by atoms with E-state index >= 15 is 0 Å². The molecule has 0 bridgehead atoms. The van der Waals surface area contributed by atoms with Gasteiger partial charge < -0.3 is 19.1 Å². The predicted molar refractivity (Wildman–Crippen MR) is 147 cm³/mol. The molecular formula is C31H39N3O3. The summed E-state index contributed by atoms with van der Waals surface area (Å²) in [7, 11) is 3.92. The van der Waals surface area contributed by atoms with Crippen LogP contribution in [-0.4, -0.2) is 58.5 Å². The first-order chi connectivity index (χ1) is 18.0. The van der Waals surface area contributed by atoms with Crippen LogP contribution in [0.15, 0.2) is 54.7 Å². The molecule has 2 heterocycles. The number of amides is 2. The van der Waals surface area contributed by atoms with Crippen LogP contribution >= 0.6 is 0 Å². The van der Waals surface area contributed by atoms with Crippen LogP contribution in [0.1, 0.15) is 67.3 Å². The molecule has 1 saturated carbocycles. The molecule has 6 nitrogen and oxygen atoms in total. The number of aromatic nitrogens is 1. The lowest BCUT2D eigenvalue weighted by atomic mass is 9.90. The predicted octanol–water partition coefficient (Wildman–Crippen LogP) is 5.59. The highest BCUT2D eigenvalue weighted by molar-refractivity contribution is 5.96. The SMILES string of the molecule is CN1CCCCCCN(C(=O)Cc2cn(C)c3ccccc23)[C@@H]2CCCC[C@@H]2Oc2ccccc2C1=O. The number of aryl methyl sites for hydroxylation is 1. The van der Waals surface area contributed by atoms with Gasteiger partial charge in [0.15, 0.2) is 0 Å². The van der Waals surface area contributed by atoms with Gasteiger partial charge in [0.25, 0.3) is 5.91 Å². The molecule has 5 rings (SSSR count). The zero-order chi connectivity index (χ0) is 25.8. The van der Waals surface area contributed by atoms with Crippen LogP contribution in [0.5, 0.6) is 5.75 Å². The molecule has 2 atom stereocenters. The van der Waals surface area contributed by atoms with Gasteiger partial charge in [0.1, 0.15) is 11.9 Å². The summed E-state index contributed by atoms with van der Waals surface area (Å²) in [6, 6.07) is 15.9. The average molecular weight is 502 g/mol. The first-order valence-electron chi connectivity index (χ1n) is 13.9. The van der Waals surface area contributed by atoms with Gasteiger partial charge in [0.05, 0.1) is 18.0 Å². The van der Waals surface area contributed by atoms with E-state index in [-0.39, 0.29) is 24.0 Å². The first kappa shape index (κ1) is 25.4. The fourth-order valence-corrected chi connectivity index (χ4v) is 6.08. The minimum absolute atomic E-state index is 0.00362. The van der Waals surface area contributed by atoms with Crippen molar-refractivity contribution in [2.24, 2.45) is 7.05 Å². The minimum atomic E-state index is -0.118. The molecule has 1 aliphatic heterocycles. The Balaban J connectivity index is 1.45. The Kier molecular flexibility index (Phi) is 7.82. The van der Waals surface area contributed by atoms with Crippen molar-refractivity contribution >= 4 is 22.7 Å². The van der Waals surface area contributed by atoms with Crippen molar-refractivity contribution in [1.29, 1.82) is 0 Å². The maximum Gasteiger partial charge on any atom is 0.257 e. The van der Waals surface area contributed by atoms with Crippen molar-refractivity contribution in [3.05, 3.63) is 65.9 Å². The third-order valence-corrected chi connectivity index (χ3v) is 8.09. The third-order valence-electron chi connectivity index (χ3n) is 8.09. The van der Waals surface area contributed by atoms with Gasteiger partial charge in [0, 0.05) is 44.3 Å². The van der Waals surface area contributed by atoms with E-state index in [2.05, 4.69) is 27.8 Å². The summed E-state index contributed by atoms with van der Waals surface area (Å²) >= 11 is 0. The van der Waals surface area contributed by atoms with Crippen molar-refractivity contribution in [2.75, 3.05) is 20.1 Å². The molecule has 37 heavy (non-hydrogen) atoms. The Bertz CT molecular complexity index is 1250. The molecule has 1 aromatic heterocycles. The molecule has 6 heteroatoms. The van der Waals surface area contributed by atoms with Gasteiger partial charge in [0.2, 0.25) is 5.91 Å². The topological polar surface area (TPSA) is 54.8 Å². The summed E-state index contributed by atoms with van der Waals surface area (Å²) in [6.07, 6.45) is 10.4. The van der Waals surface area contributed by atoms with E-state index in [1.54, 1.807) is 0 Å². The van der Waals surface area contributed by atoms with E-state index in [4.69, 9.17) is 4.74 Å². The Labute approximate surface area is 220 Å². The second-order valence-electron chi connectivity index (χ2n) is 10.7. The van der Waals surface area contributed by atoms with Crippen molar-refractivity contribution < 1.29 is 14.3 Å². The van der Waals surface area contributed by atoms with Crippen LogP contribution < -0.4 is 4.74 Å². The van der Waals surface area contributed by atoms with Crippen LogP contribution in [0.3, 0.4) is 0 Å². The third kappa shape index (κ3) is 5.53. The molecule has 2 aliphatic rings. The highest BCUT2D eigenvalue weighted by atomic mass is 16.5. The Morgan fingerprint density at radius 2 is 1.62 bits per heavy atom. The molecule has 196 valence electrons. The molecule has 2 aromatic carbocycles. The Hall–Kier alpha value is -3.28. The second kappa shape index (κ2) is 11.4. The lowest BCUT2D eigenvalue weighted by Crippen LogP contribution is -2.51. The molecule has 1 aliphatic carbocycles. The van der Waals surface area contributed by atoms with Gasteiger partial charge in [-0.15, -0.1) is 0 Å². The molecule has 0 saturated heterocycles. The van der Waals surface area contributed by atoms with Crippen LogP contribution in [0, 0.1) is 0 Å². The van der Waals surface area contributed by atoms with E-state index in [0.29, 0.717) is 17.7 Å². The number of nitrogens with zero attached hydrogens (tertiary/aromatic N) is 3. The quantitative estimate of drug-likeness (QED) is 0.460. The molecule has 0 spiro atoms. The monoisotopic (exact) mass is 501 g/mol. The van der Waals surface area contributed by atoms with Crippen molar-refractivity contribution in [2.45, 2.75) is 69.9 Å². The smallest absolute Gasteiger partial charge is 0.257 e. The average Bonchev–Trinajstić information content (AvgIpc) is 3.23. The van der Waals surface area contributed by atoms with E-state index in [9.17, 15) is 9.59 Å². The van der Waals surface area contributed by atoms with Crippen LogP contribution in [0.2, 0.25) is 0 Å². The molecule has 3 aromatic rings. The number of benzene rings is 2. The lowest BCUT2D eigenvalue weighted by Gasteiger charge is -2.40. The van der Waals surface area contributed by atoms with E-state index in [1.165, 1.54) is 0 Å².